The lowest BCUT2D eigenvalue weighted by Gasteiger charge is -2.09. The van der Waals surface area contributed by atoms with Gasteiger partial charge in [0, 0.05) is 29.5 Å². The fourth-order valence-electron chi connectivity index (χ4n) is 1.30. The second-order valence-corrected chi connectivity index (χ2v) is 4.26. The zero-order valence-electron chi connectivity index (χ0n) is 9.13. The molecule has 0 atom stereocenters. The van der Waals surface area contributed by atoms with Crippen molar-refractivity contribution in [3.8, 4) is 5.75 Å². The summed E-state index contributed by atoms with van der Waals surface area (Å²) in [5, 5.41) is 3.13. The standard InChI is InChI=1S/C11H15BrN2O2/c1-16-10-6-9(12)3-2-8(10)7-14-5-4-11(13)15/h2-3,6,14H,4-5,7H2,1H3,(H2,13,15). The van der Waals surface area contributed by atoms with Gasteiger partial charge in [0.15, 0.2) is 0 Å². The minimum atomic E-state index is -0.296. The minimum absolute atomic E-state index is 0.296. The molecule has 0 aromatic heterocycles. The van der Waals surface area contributed by atoms with E-state index in [-0.39, 0.29) is 5.91 Å². The van der Waals surface area contributed by atoms with E-state index in [2.05, 4.69) is 21.2 Å². The highest BCUT2D eigenvalue weighted by molar-refractivity contribution is 9.10. The summed E-state index contributed by atoms with van der Waals surface area (Å²) in [7, 11) is 1.63. The maximum absolute atomic E-state index is 10.5. The van der Waals surface area contributed by atoms with Crippen molar-refractivity contribution in [3.05, 3.63) is 28.2 Å². The van der Waals surface area contributed by atoms with Gasteiger partial charge in [-0.25, -0.2) is 0 Å². The molecular formula is C11H15BrN2O2. The van der Waals surface area contributed by atoms with Crippen LogP contribution < -0.4 is 15.8 Å². The number of primary amides is 1. The number of ether oxygens (including phenoxy) is 1. The maximum Gasteiger partial charge on any atom is 0.218 e. The van der Waals surface area contributed by atoms with Crippen molar-refractivity contribution >= 4 is 21.8 Å². The molecule has 0 unspecified atom stereocenters. The first-order valence-electron chi connectivity index (χ1n) is 4.95. The molecule has 0 bridgehead atoms. The highest BCUT2D eigenvalue weighted by Crippen LogP contribution is 2.23. The van der Waals surface area contributed by atoms with Crippen molar-refractivity contribution in [2.24, 2.45) is 5.73 Å². The summed E-state index contributed by atoms with van der Waals surface area (Å²) in [4.78, 5) is 10.5. The molecule has 1 amide bonds. The number of hydrogen-bond acceptors (Lipinski definition) is 3. The number of halogens is 1. The molecule has 0 saturated heterocycles. The fraction of sp³-hybridized carbons (Fsp3) is 0.364. The molecule has 88 valence electrons. The van der Waals surface area contributed by atoms with Crippen molar-refractivity contribution in [3.63, 3.8) is 0 Å². The van der Waals surface area contributed by atoms with Crippen LogP contribution in [0.4, 0.5) is 0 Å². The Balaban J connectivity index is 2.50. The van der Waals surface area contributed by atoms with Crippen LogP contribution in [0.1, 0.15) is 12.0 Å². The largest absolute Gasteiger partial charge is 0.496 e. The van der Waals surface area contributed by atoms with Gasteiger partial charge in [-0.1, -0.05) is 22.0 Å². The van der Waals surface area contributed by atoms with Gasteiger partial charge in [-0.15, -0.1) is 0 Å². The van der Waals surface area contributed by atoms with E-state index in [1.165, 1.54) is 0 Å². The van der Waals surface area contributed by atoms with Crippen molar-refractivity contribution in [2.75, 3.05) is 13.7 Å². The summed E-state index contributed by atoms with van der Waals surface area (Å²) in [6.45, 7) is 1.23. The quantitative estimate of drug-likeness (QED) is 0.778. The molecule has 4 nitrogen and oxygen atoms in total. The molecule has 0 aliphatic rings. The Morgan fingerprint density at radius 1 is 1.56 bits per heavy atom. The third kappa shape index (κ3) is 4.20. The van der Waals surface area contributed by atoms with E-state index in [1.807, 2.05) is 18.2 Å². The molecule has 0 aliphatic carbocycles. The molecule has 0 spiro atoms. The Bertz CT molecular complexity index is 369. The first-order chi connectivity index (χ1) is 7.63. The second-order valence-electron chi connectivity index (χ2n) is 3.35. The average molecular weight is 287 g/mol. The summed E-state index contributed by atoms with van der Waals surface area (Å²) in [5.74, 6) is 0.524. The van der Waals surface area contributed by atoms with E-state index in [0.29, 0.717) is 19.5 Å². The molecular weight excluding hydrogens is 272 g/mol. The predicted octanol–water partition coefficient (Wildman–Crippen LogP) is 1.42. The molecule has 0 saturated carbocycles. The zero-order chi connectivity index (χ0) is 12.0. The Labute approximate surface area is 103 Å². The Kier molecular flexibility index (Phi) is 5.28. The van der Waals surface area contributed by atoms with Gasteiger partial charge in [0.25, 0.3) is 0 Å². The number of rotatable bonds is 6. The van der Waals surface area contributed by atoms with E-state index >= 15 is 0 Å². The van der Waals surface area contributed by atoms with Crippen LogP contribution in [-0.4, -0.2) is 19.6 Å². The molecule has 0 fully saturated rings. The summed E-state index contributed by atoms with van der Waals surface area (Å²) in [6.07, 6.45) is 0.346. The molecule has 1 aromatic carbocycles. The SMILES string of the molecule is COc1cc(Br)ccc1CNCCC(N)=O. The van der Waals surface area contributed by atoms with Crippen LogP contribution >= 0.6 is 15.9 Å². The van der Waals surface area contributed by atoms with Crippen molar-refractivity contribution in [2.45, 2.75) is 13.0 Å². The fourth-order valence-corrected chi connectivity index (χ4v) is 1.64. The topological polar surface area (TPSA) is 64.3 Å². The first kappa shape index (κ1) is 13.0. The lowest BCUT2D eigenvalue weighted by Crippen LogP contribution is -2.21. The average Bonchev–Trinajstić information content (AvgIpc) is 2.25. The maximum atomic E-state index is 10.5. The van der Waals surface area contributed by atoms with Crippen LogP contribution in [0.3, 0.4) is 0 Å². The molecule has 1 aromatic rings. The lowest BCUT2D eigenvalue weighted by atomic mass is 10.2. The smallest absolute Gasteiger partial charge is 0.218 e. The number of benzene rings is 1. The number of hydrogen-bond donors (Lipinski definition) is 2. The lowest BCUT2D eigenvalue weighted by molar-refractivity contribution is -0.117. The molecule has 1 rings (SSSR count). The third-order valence-corrected chi connectivity index (χ3v) is 2.61. The monoisotopic (exact) mass is 286 g/mol. The highest BCUT2D eigenvalue weighted by Gasteiger charge is 2.03. The van der Waals surface area contributed by atoms with Crippen LogP contribution in [0.5, 0.6) is 5.75 Å². The number of carbonyl (C=O) groups is 1. The minimum Gasteiger partial charge on any atom is -0.496 e. The van der Waals surface area contributed by atoms with Gasteiger partial charge in [0.05, 0.1) is 7.11 Å². The molecule has 16 heavy (non-hydrogen) atoms. The summed E-state index contributed by atoms with van der Waals surface area (Å²) in [5.41, 5.74) is 6.09. The number of carbonyl (C=O) groups excluding carboxylic acids is 1. The van der Waals surface area contributed by atoms with E-state index in [1.54, 1.807) is 7.11 Å². The van der Waals surface area contributed by atoms with Gasteiger partial charge in [-0.3, -0.25) is 4.79 Å². The molecule has 0 radical (unpaired) electrons. The molecule has 3 N–H and O–H groups in total. The van der Waals surface area contributed by atoms with E-state index in [9.17, 15) is 4.79 Å². The number of nitrogens with two attached hydrogens (primary N) is 1. The van der Waals surface area contributed by atoms with Gasteiger partial charge in [-0.2, -0.15) is 0 Å². The Morgan fingerprint density at radius 2 is 2.31 bits per heavy atom. The van der Waals surface area contributed by atoms with E-state index in [4.69, 9.17) is 10.5 Å². The number of nitrogens with one attached hydrogen (secondary N) is 1. The Morgan fingerprint density at radius 3 is 2.94 bits per heavy atom. The molecule has 0 aliphatic heterocycles. The van der Waals surface area contributed by atoms with Crippen molar-refractivity contribution in [1.82, 2.24) is 5.32 Å². The van der Waals surface area contributed by atoms with E-state index < -0.39 is 0 Å². The van der Waals surface area contributed by atoms with Gasteiger partial charge in [-0.05, 0) is 12.1 Å². The van der Waals surface area contributed by atoms with Crippen LogP contribution in [0.2, 0.25) is 0 Å². The van der Waals surface area contributed by atoms with Gasteiger partial charge in [0.2, 0.25) is 5.91 Å². The van der Waals surface area contributed by atoms with Gasteiger partial charge < -0.3 is 15.8 Å². The highest BCUT2D eigenvalue weighted by atomic mass is 79.9. The summed E-state index contributed by atoms with van der Waals surface area (Å²) < 4.78 is 6.22. The van der Waals surface area contributed by atoms with Crippen molar-refractivity contribution in [1.29, 1.82) is 0 Å². The van der Waals surface area contributed by atoms with Crippen molar-refractivity contribution < 1.29 is 9.53 Å². The van der Waals surface area contributed by atoms with Crippen LogP contribution in [-0.2, 0) is 11.3 Å². The summed E-state index contributed by atoms with van der Waals surface area (Å²) in [6, 6.07) is 5.83. The zero-order valence-corrected chi connectivity index (χ0v) is 10.7. The van der Waals surface area contributed by atoms with Gasteiger partial charge in [0.1, 0.15) is 5.75 Å². The van der Waals surface area contributed by atoms with Crippen LogP contribution in [0, 0.1) is 0 Å². The predicted molar refractivity (Wildman–Crippen MR) is 66.2 cm³/mol. The number of amides is 1. The van der Waals surface area contributed by atoms with Gasteiger partial charge >= 0.3 is 0 Å². The van der Waals surface area contributed by atoms with Crippen LogP contribution in [0.25, 0.3) is 0 Å². The first-order valence-corrected chi connectivity index (χ1v) is 5.74. The molecule has 0 heterocycles. The molecule has 5 heteroatoms. The second kappa shape index (κ2) is 6.50. The Hall–Kier alpha value is -1.07. The normalized spacial score (nSPS) is 10.1. The summed E-state index contributed by atoms with van der Waals surface area (Å²) >= 11 is 3.38. The van der Waals surface area contributed by atoms with Crippen LogP contribution in [0.15, 0.2) is 22.7 Å². The third-order valence-electron chi connectivity index (χ3n) is 2.11. The van der Waals surface area contributed by atoms with E-state index in [0.717, 1.165) is 15.8 Å². The number of methoxy groups -OCH3 is 1.